The molecule has 0 saturated carbocycles. The second-order valence-electron chi connectivity index (χ2n) is 6.57. The second kappa shape index (κ2) is 8.86. The smallest absolute Gasteiger partial charge is 0.282 e. The fourth-order valence-electron chi connectivity index (χ4n) is 3.18. The summed E-state index contributed by atoms with van der Waals surface area (Å²) in [6, 6.07) is 22.5. The molecule has 1 aliphatic rings. The highest BCUT2D eigenvalue weighted by Crippen LogP contribution is 2.31. The first-order valence-electron chi connectivity index (χ1n) is 9.45. The Hall–Kier alpha value is -2.89. The summed E-state index contributed by atoms with van der Waals surface area (Å²) in [6.07, 6.45) is 1.77. The monoisotopic (exact) mass is 480 g/mol. The number of hydrogen-bond acceptors (Lipinski definition) is 3. The van der Waals surface area contributed by atoms with Crippen LogP contribution in [0.15, 0.2) is 88.0 Å². The number of benzene rings is 3. The third kappa shape index (κ3) is 4.18. The molecule has 0 atom stereocenters. The van der Waals surface area contributed by atoms with Gasteiger partial charge in [0.2, 0.25) is 0 Å². The van der Waals surface area contributed by atoms with Crippen LogP contribution in [0.25, 0.3) is 6.08 Å². The Morgan fingerprint density at radius 3 is 2.53 bits per heavy atom. The Morgan fingerprint density at radius 1 is 1.07 bits per heavy atom. The minimum Gasteiger partial charge on any atom is -0.494 e. The molecule has 1 aliphatic heterocycles. The van der Waals surface area contributed by atoms with Gasteiger partial charge in [-0.25, -0.2) is 4.99 Å². The lowest BCUT2D eigenvalue weighted by Crippen LogP contribution is -2.32. The van der Waals surface area contributed by atoms with Crippen LogP contribution in [-0.4, -0.2) is 18.3 Å². The maximum Gasteiger partial charge on any atom is 0.282 e. The summed E-state index contributed by atoms with van der Waals surface area (Å²) in [5.41, 5.74) is 2.61. The first-order chi connectivity index (χ1) is 14.6. The molecule has 3 aromatic rings. The molecule has 1 heterocycles. The van der Waals surface area contributed by atoms with Gasteiger partial charge in [-0.05, 0) is 61.0 Å². The summed E-state index contributed by atoms with van der Waals surface area (Å²) in [6.45, 7) is 2.54. The molecule has 0 aliphatic carbocycles. The Bertz CT molecular complexity index is 1160. The van der Waals surface area contributed by atoms with Crippen LogP contribution >= 0.6 is 27.5 Å². The summed E-state index contributed by atoms with van der Waals surface area (Å²) >= 11 is 9.91. The van der Waals surface area contributed by atoms with E-state index in [0.29, 0.717) is 34.4 Å². The molecular formula is C24H18BrClN2O2. The minimum atomic E-state index is -0.211. The van der Waals surface area contributed by atoms with Gasteiger partial charge in [-0.3, -0.25) is 9.69 Å². The Balaban J connectivity index is 1.79. The van der Waals surface area contributed by atoms with Crippen LogP contribution in [0.5, 0.6) is 5.75 Å². The number of carbonyl (C=O) groups excluding carboxylic acids is 1. The van der Waals surface area contributed by atoms with E-state index in [1.165, 1.54) is 0 Å². The van der Waals surface area contributed by atoms with Crippen molar-refractivity contribution in [1.29, 1.82) is 0 Å². The lowest BCUT2D eigenvalue weighted by atomic mass is 10.1. The predicted molar refractivity (Wildman–Crippen MR) is 125 cm³/mol. The van der Waals surface area contributed by atoms with Gasteiger partial charge in [0.15, 0.2) is 0 Å². The van der Waals surface area contributed by atoms with Crippen LogP contribution in [0.1, 0.15) is 18.1 Å². The number of nitrogens with zero attached hydrogens (tertiary/aromatic N) is 2. The van der Waals surface area contributed by atoms with Crippen LogP contribution in [0.4, 0.5) is 5.69 Å². The molecule has 30 heavy (non-hydrogen) atoms. The normalized spacial score (nSPS) is 14.9. The van der Waals surface area contributed by atoms with E-state index in [1.54, 1.807) is 17.0 Å². The highest BCUT2D eigenvalue weighted by molar-refractivity contribution is 9.10. The SMILES string of the molecule is CCOc1ccc(/C=C2/N=C(c3ccccc3Cl)N(c3cccc(Br)c3)C2=O)cc1. The number of halogens is 2. The summed E-state index contributed by atoms with van der Waals surface area (Å²) in [5, 5.41) is 0.534. The zero-order valence-corrected chi connectivity index (χ0v) is 18.5. The molecular weight excluding hydrogens is 464 g/mol. The summed E-state index contributed by atoms with van der Waals surface area (Å²) in [5.74, 6) is 1.08. The second-order valence-corrected chi connectivity index (χ2v) is 7.89. The first-order valence-corrected chi connectivity index (χ1v) is 10.6. The fourth-order valence-corrected chi connectivity index (χ4v) is 3.79. The largest absolute Gasteiger partial charge is 0.494 e. The molecule has 0 unspecified atom stereocenters. The first kappa shape index (κ1) is 20.4. The van der Waals surface area contributed by atoms with E-state index in [2.05, 4.69) is 20.9 Å². The average molecular weight is 482 g/mol. The number of ether oxygens (including phenoxy) is 1. The van der Waals surface area contributed by atoms with Gasteiger partial charge in [-0.1, -0.05) is 57.9 Å². The number of anilines is 1. The highest BCUT2D eigenvalue weighted by atomic mass is 79.9. The maximum atomic E-state index is 13.3. The van der Waals surface area contributed by atoms with Crippen molar-refractivity contribution in [3.63, 3.8) is 0 Å². The Morgan fingerprint density at radius 2 is 1.83 bits per heavy atom. The number of hydrogen-bond donors (Lipinski definition) is 0. The molecule has 6 heteroatoms. The predicted octanol–water partition coefficient (Wildman–Crippen LogP) is 6.34. The van der Waals surface area contributed by atoms with Crippen molar-refractivity contribution >= 4 is 51.0 Å². The third-order valence-electron chi connectivity index (χ3n) is 4.54. The van der Waals surface area contributed by atoms with Gasteiger partial charge in [0.05, 0.1) is 17.3 Å². The average Bonchev–Trinajstić information content (AvgIpc) is 3.06. The van der Waals surface area contributed by atoms with Gasteiger partial charge in [-0.2, -0.15) is 0 Å². The molecule has 0 N–H and O–H groups in total. The molecule has 0 fully saturated rings. The number of aliphatic imine (C=N–C) groups is 1. The van der Waals surface area contributed by atoms with E-state index < -0.39 is 0 Å². The van der Waals surface area contributed by atoms with Gasteiger partial charge in [0.25, 0.3) is 5.91 Å². The van der Waals surface area contributed by atoms with Crippen molar-refractivity contribution in [2.75, 3.05) is 11.5 Å². The fraction of sp³-hybridized carbons (Fsp3) is 0.0833. The third-order valence-corrected chi connectivity index (χ3v) is 5.36. The van der Waals surface area contributed by atoms with Gasteiger partial charge >= 0.3 is 0 Å². The van der Waals surface area contributed by atoms with Crippen molar-refractivity contribution in [1.82, 2.24) is 0 Å². The number of carbonyl (C=O) groups is 1. The number of rotatable bonds is 5. The summed E-state index contributed by atoms with van der Waals surface area (Å²) < 4.78 is 6.35. The van der Waals surface area contributed by atoms with Crippen LogP contribution in [-0.2, 0) is 4.79 Å². The van der Waals surface area contributed by atoms with Gasteiger partial charge in [0, 0.05) is 10.0 Å². The van der Waals surface area contributed by atoms with E-state index in [1.807, 2.05) is 73.7 Å². The molecule has 3 aromatic carbocycles. The molecule has 1 amide bonds. The van der Waals surface area contributed by atoms with E-state index >= 15 is 0 Å². The lowest BCUT2D eigenvalue weighted by Gasteiger charge is -2.19. The van der Waals surface area contributed by atoms with Crippen LogP contribution in [0, 0.1) is 0 Å². The highest BCUT2D eigenvalue weighted by Gasteiger charge is 2.33. The minimum absolute atomic E-state index is 0.211. The molecule has 0 aromatic heterocycles. The molecule has 150 valence electrons. The van der Waals surface area contributed by atoms with Crippen molar-refractivity contribution in [3.8, 4) is 5.75 Å². The zero-order chi connectivity index (χ0) is 21.1. The van der Waals surface area contributed by atoms with Crippen molar-refractivity contribution in [3.05, 3.63) is 99.1 Å². The van der Waals surface area contributed by atoms with Crippen molar-refractivity contribution < 1.29 is 9.53 Å². The van der Waals surface area contributed by atoms with Gasteiger partial charge in [0.1, 0.15) is 17.3 Å². The molecule has 0 bridgehead atoms. The topological polar surface area (TPSA) is 41.9 Å². The molecule has 0 spiro atoms. The molecule has 4 nitrogen and oxygen atoms in total. The standard InChI is InChI=1S/C24H18BrClN2O2/c1-2-30-19-12-10-16(11-13-19)14-22-24(29)28(18-7-5-6-17(25)15-18)23(27-22)20-8-3-4-9-21(20)26/h3-15H,2H2,1H3/b22-14+. The lowest BCUT2D eigenvalue weighted by molar-refractivity contribution is -0.113. The molecule has 4 rings (SSSR count). The van der Waals surface area contributed by atoms with Crippen molar-refractivity contribution in [2.24, 2.45) is 4.99 Å². The molecule has 0 saturated heterocycles. The summed E-state index contributed by atoms with van der Waals surface area (Å²) in [7, 11) is 0. The quantitative estimate of drug-likeness (QED) is 0.399. The summed E-state index contributed by atoms with van der Waals surface area (Å²) in [4.78, 5) is 19.6. The van der Waals surface area contributed by atoms with Crippen LogP contribution in [0.3, 0.4) is 0 Å². The number of amidine groups is 1. The van der Waals surface area contributed by atoms with E-state index in [-0.39, 0.29) is 5.91 Å². The van der Waals surface area contributed by atoms with E-state index in [9.17, 15) is 4.79 Å². The zero-order valence-electron chi connectivity index (χ0n) is 16.2. The Kier molecular flexibility index (Phi) is 6.02. The van der Waals surface area contributed by atoms with Crippen LogP contribution in [0.2, 0.25) is 5.02 Å². The van der Waals surface area contributed by atoms with Gasteiger partial charge in [-0.15, -0.1) is 0 Å². The van der Waals surface area contributed by atoms with E-state index in [4.69, 9.17) is 16.3 Å². The molecule has 0 radical (unpaired) electrons. The Labute approximate surface area is 188 Å². The number of amides is 1. The van der Waals surface area contributed by atoms with Crippen molar-refractivity contribution in [2.45, 2.75) is 6.92 Å². The van der Waals surface area contributed by atoms with Gasteiger partial charge < -0.3 is 4.74 Å². The van der Waals surface area contributed by atoms with Crippen LogP contribution < -0.4 is 9.64 Å². The van der Waals surface area contributed by atoms with E-state index in [0.717, 1.165) is 15.8 Å². The maximum absolute atomic E-state index is 13.3.